The summed E-state index contributed by atoms with van der Waals surface area (Å²) in [5, 5.41) is 19.9. The van der Waals surface area contributed by atoms with Crippen molar-refractivity contribution in [2.45, 2.75) is 24.3 Å². The van der Waals surface area contributed by atoms with Crippen molar-refractivity contribution < 1.29 is 9.66 Å². The SMILES string of the molecule is COc1ccccc1[C@@H](C[N+](=O)[O-])Sc1nnc(C)n1-c1cccc(C)c1. The number of thioether (sulfide) groups is 1. The summed E-state index contributed by atoms with van der Waals surface area (Å²) in [7, 11) is 1.56. The van der Waals surface area contributed by atoms with Gasteiger partial charge in [-0.15, -0.1) is 10.2 Å². The molecule has 8 heteroatoms. The van der Waals surface area contributed by atoms with Crippen molar-refractivity contribution in [2.75, 3.05) is 13.7 Å². The Morgan fingerprint density at radius 3 is 2.67 bits per heavy atom. The fraction of sp³-hybridized carbons (Fsp3) is 0.263. The van der Waals surface area contributed by atoms with Crippen molar-refractivity contribution in [3.05, 3.63) is 75.6 Å². The molecule has 2 aromatic carbocycles. The first kappa shape index (κ1) is 18.9. The van der Waals surface area contributed by atoms with Gasteiger partial charge in [-0.2, -0.15) is 0 Å². The van der Waals surface area contributed by atoms with Crippen LogP contribution in [0.15, 0.2) is 53.7 Å². The molecular weight excluding hydrogens is 364 g/mol. The highest BCUT2D eigenvalue weighted by Crippen LogP contribution is 2.39. The molecule has 0 bridgehead atoms. The van der Waals surface area contributed by atoms with Gasteiger partial charge in [0.15, 0.2) is 5.16 Å². The molecule has 0 spiro atoms. The van der Waals surface area contributed by atoms with Crippen LogP contribution in [0, 0.1) is 24.0 Å². The van der Waals surface area contributed by atoms with E-state index in [0.717, 1.165) is 22.6 Å². The minimum absolute atomic E-state index is 0.245. The molecule has 0 aliphatic heterocycles. The van der Waals surface area contributed by atoms with E-state index < -0.39 is 5.25 Å². The molecule has 1 atom stereocenters. The van der Waals surface area contributed by atoms with Gasteiger partial charge in [-0.05, 0) is 37.6 Å². The van der Waals surface area contributed by atoms with Gasteiger partial charge in [0.05, 0.1) is 7.11 Å². The lowest BCUT2D eigenvalue weighted by molar-refractivity contribution is -0.479. The average molecular weight is 384 g/mol. The Bertz CT molecular complexity index is 958. The predicted octanol–water partition coefficient (Wildman–Crippen LogP) is 4.00. The molecule has 0 unspecified atom stereocenters. The normalized spacial score (nSPS) is 12.0. The molecule has 3 aromatic rings. The molecular formula is C19H20N4O3S. The van der Waals surface area contributed by atoms with Gasteiger partial charge in [0.25, 0.3) is 0 Å². The van der Waals surface area contributed by atoms with Gasteiger partial charge in [-0.25, -0.2) is 0 Å². The summed E-state index contributed by atoms with van der Waals surface area (Å²) in [6.07, 6.45) is 0. The third-order valence-corrected chi connectivity index (χ3v) is 5.27. The summed E-state index contributed by atoms with van der Waals surface area (Å²) >= 11 is 1.32. The van der Waals surface area contributed by atoms with Crippen LogP contribution in [0.25, 0.3) is 5.69 Å². The summed E-state index contributed by atoms with van der Waals surface area (Å²) in [5.74, 6) is 1.35. The average Bonchev–Trinajstić information content (AvgIpc) is 3.01. The molecule has 0 amide bonds. The minimum Gasteiger partial charge on any atom is -0.496 e. The summed E-state index contributed by atoms with van der Waals surface area (Å²) in [5.41, 5.74) is 2.81. The molecule has 1 heterocycles. The van der Waals surface area contributed by atoms with E-state index in [1.54, 1.807) is 13.2 Å². The number of hydrogen-bond acceptors (Lipinski definition) is 6. The Labute approximate surface area is 161 Å². The van der Waals surface area contributed by atoms with Crippen LogP contribution in [0.3, 0.4) is 0 Å². The molecule has 0 aliphatic carbocycles. The molecule has 0 saturated heterocycles. The summed E-state index contributed by atoms with van der Waals surface area (Å²) in [4.78, 5) is 11.0. The Kier molecular flexibility index (Phi) is 5.75. The van der Waals surface area contributed by atoms with Crippen molar-refractivity contribution in [3.8, 4) is 11.4 Å². The monoisotopic (exact) mass is 384 g/mol. The van der Waals surface area contributed by atoms with E-state index in [9.17, 15) is 10.1 Å². The van der Waals surface area contributed by atoms with Gasteiger partial charge in [-0.1, -0.05) is 42.1 Å². The fourth-order valence-electron chi connectivity index (χ4n) is 2.88. The molecule has 0 N–H and O–H groups in total. The number of aryl methyl sites for hydroxylation is 2. The van der Waals surface area contributed by atoms with Crippen LogP contribution in [-0.4, -0.2) is 33.3 Å². The highest BCUT2D eigenvalue weighted by Gasteiger charge is 2.26. The second-order valence-electron chi connectivity index (χ2n) is 6.07. The second-order valence-corrected chi connectivity index (χ2v) is 7.24. The standard InChI is InChI=1S/C19H20N4O3S/c1-13-7-6-8-15(11-13)23-14(2)20-21-19(23)27-18(12-22(24)25)16-9-4-5-10-17(16)26-3/h4-11,18H,12H2,1-3H3/t18-/m1/s1. The molecule has 0 fully saturated rings. The van der Waals surface area contributed by atoms with Gasteiger partial charge in [-0.3, -0.25) is 14.7 Å². The van der Waals surface area contributed by atoms with Crippen molar-refractivity contribution in [2.24, 2.45) is 0 Å². The van der Waals surface area contributed by atoms with E-state index >= 15 is 0 Å². The number of ether oxygens (including phenoxy) is 1. The van der Waals surface area contributed by atoms with Gasteiger partial charge in [0, 0.05) is 16.2 Å². The molecule has 7 nitrogen and oxygen atoms in total. The highest BCUT2D eigenvalue weighted by atomic mass is 32.2. The molecule has 1 aromatic heterocycles. The van der Waals surface area contributed by atoms with Crippen LogP contribution in [0.5, 0.6) is 5.75 Å². The topological polar surface area (TPSA) is 83.1 Å². The number of rotatable bonds is 7. The summed E-state index contributed by atoms with van der Waals surface area (Å²) < 4.78 is 7.32. The zero-order valence-corrected chi connectivity index (χ0v) is 16.1. The second kappa shape index (κ2) is 8.22. The third-order valence-electron chi connectivity index (χ3n) is 4.10. The van der Waals surface area contributed by atoms with Crippen molar-refractivity contribution in [3.63, 3.8) is 0 Å². The minimum atomic E-state index is -0.455. The first-order valence-corrected chi connectivity index (χ1v) is 9.28. The first-order chi connectivity index (χ1) is 13.0. The van der Waals surface area contributed by atoms with Crippen LogP contribution in [0.2, 0.25) is 0 Å². The molecule has 27 heavy (non-hydrogen) atoms. The van der Waals surface area contributed by atoms with Crippen molar-refractivity contribution in [1.29, 1.82) is 0 Å². The molecule has 0 aliphatic rings. The maximum atomic E-state index is 11.3. The van der Waals surface area contributed by atoms with Crippen LogP contribution in [0.1, 0.15) is 22.2 Å². The highest BCUT2D eigenvalue weighted by molar-refractivity contribution is 7.99. The smallest absolute Gasteiger partial charge is 0.220 e. The lowest BCUT2D eigenvalue weighted by Crippen LogP contribution is -2.12. The number of benzene rings is 2. The van der Waals surface area contributed by atoms with Gasteiger partial charge in [0.1, 0.15) is 16.8 Å². The third kappa shape index (κ3) is 4.28. The lowest BCUT2D eigenvalue weighted by atomic mass is 10.1. The van der Waals surface area contributed by atoms with E-state index in [4.69, 9.17) is 4.74 Å². The van der Waals surface area contributed by atoms with Crippen LogP contribution < -0.4 is 4.74 Å². The number of nitrogens with zero attached hydrogens (tertiary/aromatic N) is 4. The Morgan fingerprint density at radius 1 is 1.19 bits per heavy atom. The van der Waals surface area contributed by atoms with Crippen molar-refractivity contribution in [1.82, 2.24) is 14.8 Å². The summed E-state index contributed by atoms with van der Waals surface area (Å²) in [6.45, 7) is 3.64. The summed E-state index contributed by atoms with van der Waals surface area (Å²) in [6, 6.07) is 15.3. The van der Waals surface area contributed by atoms with E-state index in [-0.39, 0.29) is 11.5 Å². The fourth-order valence-corrected chi connectivity index (χ4v) is 4.08. The Morgan fingerprint density at radius 2 is 1.96 bits per heavy atom. The zero-order valence-electron chi connectivity index (χ0n) is 15.3. The molecule has 0 saturated carbocycles. The molecule has 0 radical (unpaired) electrons. The van der Waals surface area contributed by atoms with Crippen LogP contribution in [0.4, 0.5) is 0 Å². The van der Waals surface area contributed by atoms with Crippen molar-refractivity contribution >= 4 is 11.8 Å². The number of nitro groups is 1. The largest absolute Gasteiger partial charge is 0.496 e. The van der Waals surface area contributed by atoms with Gasteiger partial charge in [0.2, 0.25) is 6.54 Å². The number of para-hydroxylation sites is 1. The van der Waals surface area contributed by atoms with Gasteiger partial charge < -0.3 is 4.74 Å². The lowest BCUT2D eigenvalue weighted by Gasteiger charge is -2.16. The van der Waals surface area contributed by atoms with E-state index in [1.165, 1.54) is 11.8 Å². The molecule has 3 rings (SSSR count). The predicted molar refractivity (Wildman–Crippen MR) is 104 cm³/mol. The Hall–Kier alpha value is -2.87. The maximum absolute atomic E-state index is 11.3. The van der Waals surface area contributed by atoms with Crippen LogP contribution in [-0.2, 0) is 0 Å². The number of methoxy groups -OCH3 is 1. The van der Waals surface area contributed by atoms with Gasteiger partial charge >= 0.3 is 0 Å². The molecule has 140 valence electrons. The Balaban J connectivity index is 2.01. The zero-order chi connectivity index (χ0) is 19.4. The quantitative estimate of drug-likeness (QED) is 0.348. The number of hydrogen-bond donors (Lipinski definition) is 0. The van der Waals surface area contributed by atoms with E-state index in [1.807, 2.05) is 60.9 Å². The number of aromatic nitrogens is 3. The van der Waals surface area contributed by atoms with E-state index in [0.29, 0.717) is 10.9 Å². The first-order valence-electron chi connectivity index (χ1n) is 8.40. The van der Waals surface area contributed by atoms with E-state index in [2.05, 4.69) is 10.2 Å². The maximum Gasteiger partial charge on any atom is 0.220 e. The van der Waals surface area contributed by atoms with Crippen LogP contribution >= 0.6 is 11.8 Å².